The van der Waals surface area contributed by atoms with Crippen LogP contribution in [0.3, 0.4) is 0 Å². The monoisotopic (exact) mass is 360 g/mol. The van der Waals surface area contributed by atoms with Crippen molar-refractivity contribution in [3.8, 4) is 5.75 Å². The van der Waals surface area contributed by atoms with E-state index in [1.54, 1.807) is 6.07 Å². The largest absolute Gasteiger partial charge is 0.434 e. The number of allylic oxidation sites excluding steroid dienone is 1. The fourth-order valence-electron chi connectivity index (χ4n) is 2.06. The minimum atomic E-state index is -3.81. The number of rotatable bonds is 5. The predicted octanol–water partition coefficient (Wildman–Crippen LogP) is 4.48. The average Bonchev–Trinajstić information content (AvgIpc) is 2.49. The summed E-state index contributed by atoms with van der Waals surface area (Å²) in [6.45, 7) is 2.26. The molecule has 5 nitrogen and oxygen atoms in total. The minimum Gasteiger partial charge on any atom is -0.434 e. The fraction of sp³-hybridized carbons (Fsp3) is 0.438. The molecule has 1 saturated heterocycles. The first kappa shape index (κ1) is 18.8. The number of benzene rings is 1. The van der Waals surface area contributed by atoms with Crippen molar-refractivity contribution in [2.75, 3.05) is 13.2 Å². The van der Waals surface area contributed by atoms with Gasteiger partial charge in [-0.25, -0.2) is 0 Å². The van der Waals surface area contributed by atoms with Gasteiger partial charge in [0.05, 0.1) is 13.2 Å². The van der Waals surface area contributed by atoms with Gasteiger partial charge < -0.3 is 13.8 Å². The number of ketones is 1. The Kier molecular flexibility index (Phi) is 5.58. The third kappa shape index (κ3) is 4.50. The first-order valence-corrected chi connectivity index (χ1v) is 8.83. The highest BCUT2D eigenvalue weighted by atomic mass is 31.2. The number of hydrogen-bond acceptors (Lipinski definition) is 5. The maximum Gasteiger partial charge on any atom is 0.387 e. The summed E-state index contributed by atoms with van der Waals surface area (Å²) in [4.78, 5) is 12.0. The number of halogens is 2. The van der Waals surface area contributed by atoms with Crippen LogP contribution in [0.1, 0.15) is 26.3 Å². The molecule has 24 heavy (non-hydrogen) atoms. The topological polar surface area (TPSA) is 61.8 Å². The summed E-state index contributed by atoms with van der Waals surface area (Å²) in [6.07, 6.45) is 1.22. The molecule has 1 aromatic carbocycles. The molecule has 0 N–H and O–H groups in total. The van der Waals surface area contributed by atoms with Crippen LogP contribution in [0.2, 0.25) is 0 Å². The minimum absolute atomic E-state index is 0.129. The first-order chi connectivity index (χ1) is 11.1. The molecule has 0 radical (unpaired) electrons. The van der Waals surface area contributed by atoms with Gasteiger partial charge in [0.1, 0.15) is 11.1 Å². The standard InChI is InChI=1S/C16H19F2O5P/c1-11(19)14(24(20)21-9-16(2,3)10-22-24)8-12-6-4-5-7-13(12)23-15(17)18/h4-8,15H,9-10H2,1-3H3. The summed E-state index contributed by atoms with van der Waals surface area (Å²) in [7, 11) is -3.81. The highest BCUT2D eigenvalue weighted by Crippen LogP contribution is 2.60. The Morgan fingerprint density at radius 2 is 1.88 bits per heavy atom. The maximum atomic E-state index is 12.9. The van der Waals surface area contributed by atoms with Crippen LogP contribution in [-0.4, -0.2) is 25.6 Å². The Hall–Kier alpha value is -1.56. The molecule has 0 atom stereocenters. The SMILES string of the molecule is CC(=O)C(=Cc1ccccc1OC(F)F)P1(=O)OCC(C)(C)CO1. The van der Waals surface area contributed by atoms with Gasteiger partial charge in [0.15, 0.2) is 5.78 Å². The third-order valence-electron chi connectivity index (χ3n) is 3.33. The second-order valence-electron chi connectivity index (χ2n) is 6.21. The van der Waals surface area contributed by atoms with Gasteiger partial charge in [0.2, 0.25) is 0 Å². The van der Waals surface area contributed by atoms with Crippen LogP contribution in [0, 0.1) is 5.41 Å². The Balaban J connectivity index is 2.40. The number of ether oxygens (including phenoxy) is 1. The van der Waals surface area contributed by atoms with E-state index in [4.69, 9.17) is 9.05 Å². The highest BCUT2D eigenvalue weighted by molar-refractivity contribution is 7.60. The van der Waals surface area contributed by atoms with E-state index in [2.05, 4.69) is 4.74 Å². The van der Waals surface area contributed by atoms with Crippen molar-refractivity contribution >= 4 is 19.5 Å². The number of carbonyl (C=O) groups excluding carboxylic acids is 1. The van der Waals surface area contributed by atoms with Crippen LogP contribution >= 0.6 is 7.60 Å². The van der Waals surface area contributed by atoms with Crippen molar-refractivity contribution in [3.63, 3.8) is 0 Å². The van der Waals surface area contributed by atoms with E-state index in [-0.39, 0.29) is 35.3 Å². The van der Waals surface area contributed by atoms with Crippen LogP contribution in [0.5, 0.6) is 5.75 Å². The lowest BCUT2D eigenvalue weighted by Gasteiger charge is -2.34. The van der Waals surface area contributed by atoms with E-state index in [9.17, 15) is 18.1 Å². The molecule has 0 spiro atoms. The molecule has 1 aliphatic heterocycles. The zero-order chi connectivity index (χ0) is 18.0. The van der Waals surface area contributed by atoms with Crippen LogP contribution in [0.4, 0.5) is 8.78 Å². The second kappa shape index (κ2) is 7.13. The first-order valence-electron chi connectivity index (χ1n) is 7.29. The molecule has 0 aromatic heterocycles. The summed E-state index contributed by atoms with van der Waals surface area (Å²) < 4.78 is 53.0. The second-order valence-corrected chi connectivity index (χ2v) is 8.20. The molecule has 0 unspecified atom stereocenters. The Morgan fingerprint density at radius 1 is 1.29 bits per heavy atom. The lowest BCUT2D eigenvalue weighted by Crippen LogP contribution is -2.30. The average molecular weight is 360 g/mol. The zero-order valence-corrected chi connectivity index (χ0v) is 14.5. The van der Waals surface area contributed by atoms with E-state index in [0.29, 0.717) is 0 Å². The van der Waals surface area contributed by atoms with Crippen molar-refractivity contribution in [2.24, 2.45) is 5.41 Å². The third-order valence-corrected chi connectivity index (χ3v) is 5.31. The van der Waals surface area contributed by atoms with Gasteiger partial charge in [0.25, 0.3) is 0 Å². The van der Waals surface area contributed by atoms with Crippen molar-refractivity contribution in [2.45, 2.75) is 27.4 Å². The van der Waals surface area contributed by atoms with Crippen molar-refractivity contribution < 1.29 is 31.9 Å². The number of alkyl halides is 2. The summed E-state index contributed by atoms with van der Waals surface area (Å²) in [6, 6.07) is 5.91. The number of hydrogen-bond donors (Lipinski definition) is 0. The Bertz CT molecular complexity index is 685. The van der Waals surface area contributed by atoms with Gasteiger partial charge in [-0.1, -0.05) is 32.0 Å². The van der Waals surface area contributed by atoms with E-state index in [0.717, 1.165) is 0 Å². The quantitative estimate of drug-likeness (QED) is 0.572. The van der Waals surface area contributed by atoms with Gasteiger partial charge in [0, 0.05) is 11.0 Å². The van der Waals surface area contributed by atoms with E-state index in [1.807, 2.05) is 13.8 Å². The maximum absolute atomic E-state index is 12.9. The van der Waals surface area contributed by atoms with Gasteiger partial charge in [-0.05, 0) is 19.1 Å². The van der Waals surface area contributed by atoms with Gasteiger partial charge >= 0.3 is 14.2 Å². The number of carbonyl (C=O) groups is 1. The molecule has 0 saturated carbocycles. The molecule has 2 rings (SSSR count). The Morgan fingerprint density at radius 3 is 2.42 bits per heavy atom. The normalized spacial score (nSPS) is 20.0. The molecule has 0 amide bonds. The van der Waals surface area contributed by atoms with Crippen LogP contribution in [-0.2, 0) is 18.4 Å². The smallest absolute Gasteiger partial charge is 0.387 e. The van der Waals surface area contributed by atoms with Crippen LogP contribution < -0.4 is 4.74 Å². The Labute approximate surface area is 139 Å². The summed E-state index contributed by atoms with van der Waals surface area (Å²) in [5.41, 5.74) is -0.137. The molecule has 0 bridgehead atoms. The van der Waals surface area contributed by atoms with Gasteiger partial charge in [-0.2, -0.15) is 8.78 Å². The van der Waals surface area contributed by atoms with E-state index in [1.165, 1.54) is 31.2 Å². The summed E-state index contributed by atoms with van der Waals surface area (Å²) in [5.74, 6) is -0.653. The molecule has 1 aliphatic rings. The zero-order valence-electron chi connectivity index (χ0n) is 13.6. The molecular formula is C16H19F2O5P. The molecule has 8 heteroatoms. The van der Waals surface area contributed by atoms with Crippen LogP contribution in [0.25, 0.3) is 6.08 Å². The molecule has 1 aromatic rings. The molecule has 1 fully saturated rings. The van der Waals surface area contributed by atoms with Crippen molar-refractivity contribution in [1.29, 1.82) is 0 Å². The highest BCUT2D eigenvalue weighted by Gasteiger charge is 2.41. The molecular weight excluding hydrogens is 341 g/mol. The van der Waals surface area contributed by atoms with Crippen LogP contribution in [0.15, 0.2) is 29.6 Å². The number of para-hydroxylation sites is 1. The summed E-state index contributed by atoms with van der Waals surface area (Å²) in [5, 5.41) is -0.191. The van der Waals surface area contributed by atoms with Crippen molar-refractivity contribution in [3.05, 3.63) is 35.1 Å². The van der Waals surface area contributed by atoms with Gasteiger partial charge in [-0.3, -0.25) is 9.36 Å². The van der Waals surface area contributed by atoms with E-state index < -0.39 is 20.0 Å². The molecule has 0 aliphatic carbocycles. The molecule has 132 valence electrons. The van der Waals surface area contributed by atoms with E-state index >= 15 is 0 Å². The lowest BCUT2D eigenvalue weighted by molar-refractivity contribution is -0.113. The van der Waals surface area contributed by atoms with Gasteiger partial charge in [-0.15, -0.1) is 0 Å². The lowest BCUT2D eigenvalue weighted by atomic mass is 9.97. The number of Topliss-reactive ketones (excluding diaryl/α,β-unsaturated/α-hetero) is 1. The molecule has 1 heterocycles. The summed E-state index contributed by atoms with van der Waals surface area (Å²) >= 11 is 0. The van der Waals surface area contributed by atoms with Crippen molar-refractivity contribution in [1.82, 2.24) is 0 Å². The predicted molar refractivity (Wildman–Crippen MR) is 85.0 cm³/mol. The fourth-order valence-corrected chi connectivity index (χ4v) is 4.14.